The first-order valence-corrected chi connectivity index (χ1v) is 6.94. The van der Waals surface area contributed by atoms with Gasteiger partial charge in [0.05, 0.1) is 17.4 Å². The fraction of sp³-hybridized carbons (Fsp3) is 0.125. The van der Waals surface area contributed by atoms with Crippen molar-refractivity contribution in [2.24, 2.45) is 0 Å². The summed E-state index contributed by atoms with van der Waals surface area (Å²) in [5, 5.41) is 2.86. The van der Waals surface area contributed by atoms with Gasteiger partial charge in [0.25, 0.3) is 5.91 Å². The third-order valence-corrected chi connectivity index (χ3v) is 3.48. The number of benzene rings is 2. The van der Waals surface area contributed by atoms with Crippen molar-refractivity contribution in [1.82, 2.24) is 9.97 Å². The average molecular weight is 295 g/mol. The summed E-state index contributed by atoms with van der Waals surface area (Å²) in [6, 6.07) is 10.7. The summed E-state index contributed by atoms with van der Waals surface area (Å²) in [6.45, 7) is 1.06. The number of aromatic nitrogens is 2. The van der Waals surface area contributed by atoms with Crippen molar-refractivity contribution in [2.75, 3.05) is 18.5 Å². The summed E-state index contributed by atoms with van der Waals surface area (Å²) < 4.78 is 11.0. The number of H-pyrrole nitrogens is 1. The highest BCUT2D eigenvalue weighted by Crippen LogP contribution is 2.32. The molecule has 1 amide bonds. The average Bonchev–Trinajstić information content (AvgIpc) is 3.02. The Bertz CT molecular complexity index is 857. The lowest BCUT2D eigenvalue weighted by atomic mass is 10.2. The molecule has 0 fully saturated rings. The highest BCUT2D eigenvalue weighted by Gasteiger charge is 2.13. The highest BCUT2D eigenvalue weighted by atomic mass is 16.6. The molecule has 3 aromatic rings. The monoisotopic (exact) mass is 295 g/mol. The second-order valence-electron chi connectivity index (χ2n) is 4.95. The molecule has 0 bridgehead atoms. The van der Waals surface area contributed by atoms with Gasteiger partial charge in [0.2, 0.25) is 0 Å². The van der Waals surface area contributed by atoms with Crippen LogP contribution in [0.25, 0.3) is 11.0 Å². The van der Waals surface area contributed by atoms with Gasteiger partial charge in [0.1, 0.15) is 13.2 Å². The summed E-state index contributed by atoms with van der Waals surface area (Å²) in [4.78, 5) is 19.5. The number of nitrogens with zero attached hydrogens (tertiary/aromatic N) is 1. The molecule has 0 saturated heterocycles. The highest BCUT2D eigenvalue weighted by molar-refractivity contribution is 6.06. The molecular formula is C16H13N3O3. The Morgan fingerprint density at radius 3 is 2.86 bits per heavy atom. The van der Waals surface area contributed by atoms with Gasteiger partial charge in [0.15, 0.2) is 11.5 Å². The lowest BCUT2D eigenvalue weighted by Gasteiger charge is -2.19. The van der Waals surface area contributed by atoms with E-state index in [9.17, 15) is 4.79 Å². The molecule has 0 spiro atoms. The molecule has 1 aromatic heterocycles. The number of nitrogens with one attached hydrogen (secondary N) is 2. The Balaban J connectivity index is 1.58. The van der Waals surface area contributed by atoms with Crippen LogP contribution in [-0.2, 0) is 0 Å². The van der Waals surface area contributed by atoms with Gasteiger partial charge in [-0.25, -0.2) is 4.98 Å². The maximum Gasteiger partial charge on any atom is 0.255 e. The summed E-state index contributed by atoms with van der Waals surface area (Å²) in [6.07, 6.45) is 1.60. The van der Waals surface area contributed by atoms with Crippen molar-refractivity contribution in [3.8, 4) is 11.5 Å². The first-order valence-electron chi connectivity index (χ1n) is 6.94. The molecule has 6 nitrogen and oxygen atoms in total. The van der Waals surface area contributed by atoms with Crippen molar-refractivity contribution in [3.63, 3.8) is 0 Å². The maximum atomic E-state index is 12.3. The molecule has 0 saturated carbocycles. The van der Waals surface area contributed by atoms with E-state index in [1.807, 2.05) is 6.07 Å². The van der Waals surface area contributed by atoms with Gasteiger partial charge in [-0.2, -0.15) is 0 Å². The van der Waals surface area contributed by atoms with Crippen LogP contribution in [0.5, 0.6) is 11.5 Å². The Kier molecular flexibility index (Phi) is 2.93. The van der Waals surface area contributed by atoms with Crippen LogP contribution >= 0.6 is 0 Å². The number of amides is 1. The summed E-state index contributed by atoms with van der Waals surface area (Å²) in [7, 11) is 0. The maximum absolute atomic E-state index is 12.3. The molecule has 110 valence electrons. The Hall–Kier alpha value is -3.02. The molecule has 2 heterocycles. The molecule has 0 radical (unpaired) electrons. The zero-order valence-corrected chi connectivity index (χ0v) is 11.6. The molecule has 22 heavy (non-hydrogen) atoms. The van der Waals surface area contributed by atoms with Gasteiger partial charge in [-0.1, -0.05) is 0 Å². The van der Waals surface area contributed by atoms with Crippen LogP contribution in [0.2, 0.25) is 0 Å². The number of aromatic amines is 1. The second-order valence-corrected chi connectivity index (χ2v) is 4.95. The summed E-state index contributed by atoms with van der Waals surface area (Å²) in [5.41, 5.74) is 2.89. The number of rotatable bonds is 2. The Labute approximate surface area is 126 Å². The van der Waals surface area contributed by atoms with Gasteiger partial charge in [-0.05, 0) is 30.3 Å². The van der Waals surface area contributed by atoms with Crippen LogP contribution in [-0.4, -0.2) is 29.1 Å². The van der Waals surface area contributed by atoms with Crippen molar-refractivity contribution in [2.45, 2.75) is 0 Å². The molecule has 6 heteroatoms. The van der Waals surface area contributed by atoms with Gasteiger partial charge in [-0.15, -0.1) is 0 Å². The summed E-state index contributed by atoms with van der Waals surface area (Å²) in [5.74, 6) is 1.16. The third-order valence-electron chi connectivity index (χ3n) is 3.48. The molecule has 0 aliphatic carbocycles. The molecule has 4 rings (SSSR count). The normalized spacial score (nSPS) is 13.1. The number of fused-ring (bicyclic) bond motifs is 2. The first-order chi connectivity index (χ1) is 10.8. The van der Waals surface area contributed by atoms with E-state index >= 15 is 0 Å². The lowest BCUT2D eigenvalue weighted by Crippen LogP contribution is -2.16. The standard InChI is InChI=1S/C16H13N3O3/c20-16(10-1-3-12-13(7-10)18-9-17-12)19-11-2-4-14-15(8-11)22-6-5-21-14/h1-4,7-9H,5-6H2,(H,17,18)(H,19,20). The fourth-order valence-corrected chi connectivity index (χ4v) is 2.40. The molecular weight excluding hydrogens is 282 g/mol. The van der Waals surface area contributed by atoms with E-state index in [1.165, 1.54) is 0 Å². The number of anilines is 1. The molecule has 0 atom stereocenters. The van der Waals surface area contributed by atoms with Gasteiger partial charge < -0.3 is 19.8 Å². The van der Waals surface area contributed by atoms with Gasteiger partial charge in [-0.3, -0.25) is 4.79 Å². The third kappa shape index (κ3) is 2.24. The van der Waals surface area contributed by atoms with E-state index in [4.69, 9.17) is 9.47 Å². The molecule has 2 aromatic carbocycles. The van der Waals surface area contributed by atoms with Crippen LogP contribution in [0.3, 0.4) is 0 Å². The number of ether oxygens (including phenoxy) is 2. The van der Waals surface area contributed by atoms with E-state index in [-0.39, 0.29) is 5.91 Å². The number of carbonyl (C=O) groups excluding carboxylic acids is 1. The van der Waals surface area contributed by atoms with Crippen LogP contribution in [0.4, 0.5) is 5.69 Å². The van der Waals surface area contributed by atoms with Gasteiger partial charge >= 0.3 is 0 Å². The molecule has 1 aliphatic rings. The van der Waals surface area contributed by atoms with Crippen LogP contribution in [0.1, 0.15) is 10.4 Å². The zero-order valence-electron chi connectivity index (χ0n) is 11.6. The predicted octanol–water partition coefficient (Wildman–Crippen LogP) is 2.59. The van der Waals surface area contributed by atoms with Crippen molar-refractivity contribution < 1.29 is 14.3 Å². The fourth-order valence-electron chi connectivity index (χ4n) is 2.40. The number of hydrogen-bond acceptors (Lipinski definition) is 4. The SMILES string of the molecule is O=C(Nc1ccc2c(c1)OCCO2)c1ccc2nc[nH]c2c1. The first kappa shape index (κ1) is 12.7. The largest absolute Gasteiger partial charge is 0.486 e. The molecule has 0 unspecified atom stereocenters. The van der Waals surface area contributed by atoms with Gasteiger partial charge in [0, 0.05) is 17.3 Å². The van der Waals surface area contributed by atoms with Crippen LogP contribution in [0, 0.1) is 0 Å². The lowest BCUT2D eigenvalue weighted by molar-refractivity contribution is 0.102. The van der Waals surface area contributed by atoms with Crippen molar-refractivity contribution >= 4 is 22.6 Å². The van der Waals surface area contributed by atoms with Crippen LogP contribution < -0.4 is 14.8 Å². The smallest absolute Gasteiger partial charge is 0.255 e. The number of hydrogen-bond donors (Lipinski definition) is 2. The van der Waals surface area contributed by atoms with Crippen molar-refractivity contribution in [3.05, 3.63) is 48.3 Å². The minimum absolute atomic E-state index is 0.187. The van der Waals surface area contributed by atoms with E-state index in [1.54, 1.807) is 36.7 Å². The molecule has 1 aliphatic heterocycles. The number of imidazole rings is 1. The van der Waals surface area contributed by atoms with E-state index in [0.29, 0.717) is 36.0 Å². The Morgan fingerprint density at radius 2 is 1.95 bits per heavy atom. The van der Waals surface area contributed by atoms with Crippen molar-refractivity contribution in [1.29, 1.82) is 0 Å². The Morgan fingerprint density at radius 1 is 1.09 bits per heavy atom. The summed E-state index contributed by atoms with van der Waals surface area (Å²) >= 11 is 0. The second kappa shape index (κ2) is 5.07. The minimum Gasteiger partial charge on any atom is -0.486 e. The predicted molar refractivity (Wildman–Crippen MR) is 81.5 cm³/mol. The van der Waals surface area contributed by atoms with Crippen LogP contribution in [0.15, 0.2) is 42.7 Å². The topological polar surface area (TPSA) is 76.2 Å². The van der Waals surface area contributed by atoms with E-state index in [2.05, 4.69) is 15.3 Å². The van der Waals surface area contributed by atoms with E-state index < -0.39 is 0 Å². The molecule has 2 N–H and O–H groups in total. The quantitative estimate of drug-likeness (QED) is 0.762. The minimum atomic E-state index is -0.187. The number of carbonyl (C=O) groups is 1. The van der Waals surface area contributed by atoms with E-state index in [0.717, 1.165) is 11.0 Å². The zero-order chi connectivity index (χ0) is 14.9.